The summed E-state index contributed by atoms with van der Waals surface area (Å²) >= 11 is 0. The van der Waals surface area contributed by atoms with E-state index in [-0.39, 0.29) is 10.8 Å². The van der Waals surface area contributed by atoms with Crippen LogP contribution in [0.15, 0.2) is 41.4 Å². The molecule has 0 saturated carbocycles. The third-order valence-electron chi connectivity index (χ3n) is 5.66. The van der Waals surface area contributed by atoms with Gasteiger partial charge in [-0.05, 0) is 31.0 Å². The van der Waals surface area contributed by atoms with Crippen LogP contribution in [0, 0.1) is 6.92 Å². The van der Waals surface area contributed by atoms with E-state index in [0.717, 1.165) is 12.1 Å². The van der Waals surface area contributed by atoms with Crippen LogP contribution in [0.4, 0.5) is 5.69 Å². The number of carbonyl (C=O) groups is 1. The number of rotatable bonds is 3. The molecular weight excluding hydrogens is 376 g/mol. The van der Waals surface area contributed by atoms with Gasteiger partial charge in [-0.1, -0.05) is 18.2 Å². The SMILES string of the molecule is Cc1ccccc1N1CCN(S(=O)(=O)c2cc3n(c2)CCCN(C)C3=O)CC1. The van der Waals surface area contributed by atoms with Crippen LogP contribution in [0.2, 0.25) is 0 Å². The molecule has 7 nitrogen and oxygen atoms in total. The molecule has 0 aliphatic carbocycles. The maximum Gasteiger partial charge on any atom is 0.270 e. The van der Waals surface area contributed by atoms with Crippen molar-refractivity contribution in [2.75, 3.05) is 44.7 Å². The molecule has 8 heteroatoms. The Bertz CT molecular complexity index is 991. The molecule has 2 aromatic rings. The summed E-state index contributed by atoms with van der Waals surface area (Å²) < 4.78 is 29.6. The summed E-state index contributed by atoms with van der Waals surface area (Å²) in [5, 5.41) is 0. The lowest BCUT2D eigenvalue weighted by molar-refractivity contribution is 0.0796. The first kappa shape index (κ1) is 19.0. The van der Waals surface area contributed by atoms with Gasteiger partial charge in [-0.3, -0.25) is 4.79 Å². The zero-order valence-corrected chi connectivity index (χ0v) is 17.2. The van der Waals surface area contributed by atoms with Gasteiger partial charge in [0, 0.05) is 58.2 Å². The molecule has 3 heterocycles. The smallest absolute Gasteiger partial charge is 0.270 e. The fourth-order valence-electron chi connectivity index (χ4n) is 4.00. The molecule has 1 amide bonds. The van der Waals surface area contributed by atoms with Crippen molar-refractivity contribution in [1.29, 1.82) is 0 Å². The lowest BCUT2D eigenvalue weighted by Crippen LogP contribution is -2.48. The van der Waals surface area contributed by atoms with E-state index >= 15 is 0 Å². The minimum absolute atomic E-state index is 0.122. The van der Waals surface area contributed by atoms with Gasteiger partial charge < -0.3 is 14.4 Å². The van der Waals surface area contributed by atoms with Crippen LogP contribution in [-0.2, 0) is 16.6 Å². The Morgan fingerprint density at radius 2 is 1.68 bits per heavy atom. The van der Waals surface area contributed by atoms with Crippen LogP contribution in [0.1, 0.15) is 22.5 Å². The highest BCUT2D eigenvalue weighted by Gasteiger charge is 2.32. The molecule has 0 N–H and O–H groups in total. The van der Waals surface area contributed by atoms with Crippen molar-refractivity contribution in [3.63, 3.8) is 0 Å². The quantitative estimate of drug-likeness (QED) is 0.785. The normalized spacial score (nSPS) is 18.9. The first-order chi connectivity index (χ1) is 13.4. The van der Waals surface area contributed by atoms with E-state index in [0.29, 0.717) is 45.0 Å². The Hall–Kier alpha value is -2.32. The van der Waals surface area contributed by atoms with E-state index in [1.807, 2.05) is 12.1 Å². The summed E-state index contributed by atoms with van der Waals surface area (Å²) in [6.45, 7) is 5.58. The number of para-hydroxylation sites is 1. The molecule has 1 aromatic heterocycles. The summed E-state index contributed by atoms with van der Waals surface area (Å²) in [5.74, 6) is -0.122. The third kappa shape index (κ3) is 3.31. The molecule has 0 spiro atoms. The van der Waals surface area contributed by atoms with Crippen molar-refractivity contribution < 1.29 is 13.2 Å². The van der Waals surface area contributed by atoms with Crippen LogP contribution in [0.5, 0.6) is 0 Å². The topological polar surface area (TPSA) is 65.9 Å². The Kier molecular flexibility index (Phi) is 4.93. The van der Waals surface area contributed by atoms with Gasteiger partial charge in [0.1, 0.15) is 10.6 Å². The number of hydrogen-bond donors (Lipinski definition) is 0. The molecule has 1 fully saturated rings. The van der Waals surface area contributed by atoms with E-state index in [4.69, 9.17) is 0 Å². The molecule has 0 atom stereocenters. The number of aromatic nitrogens is 1. The van der Waals surface area contributed by atoms with Crippen LogP contribution >= 0.6 is 0 Å². The van der Waals surface area contributed by atoms with Gasteiger partial charge in [-0.25, -0.2) is 8.42 Å². The maximum absolute atomic E-state index is 13.2. The van der Waals surface area contributed by atoms with Crippen LogP contribution < -0.4 is 4.90 Å². The van der Waals surface area contributed by atoms with Gasteiger partial charge in [-0.15, -0.1) is 0 Å². The second-order valence-electron chi connectivity index (χ2n) is 7.51. The number of anilines is 1. The lowest BCUT2D eigenvalue weighted by atomic mass is 10.1. The molecule has 1 aromatic carbocycles. The highest BCUT2D eigenvalue weighted by molar-refractivity contribution is 7.89. The Labute approximate surface area is 166 Å². The Balaban J connectivity index is 1.53. The molecule has 150 valence electrons. The van der Waals surface area contributed by atoms with Crippen LogP contribution in [-0.4, -0.2) is 67.9 Å². The van der Waals surface area contributed by atoms with Gasteiger partial charge in [0.2, 0.25) is 10.0 Å². The number of amides is 1. The summed E-state index contributed by atoms with van der Waals surface area (Å²) in [6.07, 6.45) is 2.44. The molecule has 0 bridgehead atoms. The summed E-state index contributed by atoms with van der Waals surface area (Å²) in [5.41, 5.74) is 2.80. The standard InChI is InChI=1S/C20H26N4O3S/c1-16-6-3-4-7-18(16)22-10-12-24(13-11-22)28(26,27)17-14-19-20(25)21(2)8-5-9-23(19)15-17/h3-4,6-7,14-15H,5,8-13H2,1-2H3. The van der Waals surface area contributed by atoms with Crippen molar-refractivity contribution in [3.8, 4) is 0 Å². The van der Waals surface area contributed by atoms with Crippen molar-refractivity contribution in [3.05, 3.63) is 47.8 Å². The Morgan fingerprint density at radius 1 is 0.964 bits per heavy atom. The summed E-state index contributed by atoms with van der Waals surface area (Å²) in [6, 6.07) is 9.70. The van der Waals surface area contributed by atoms with Crippen molar-refractivity contribution in [2.45, 2.75) is 24.8 Å². The average Bonchev–Trinajstić information content (AvgIpc) is 3.07. The van der Waals surface area contributed by atoms with E-state index in [9.17, 15) is 13.2 Å². The van der Waals surface area contributed by atoms with Crippen molar-refractivity contribution in [1.82, 2.24) is 13.8 Å². The second kappa shape index (κ2) is 7.25. The molecule has 4 rings (SSSR count). The van der Waals surface area contributed by atoms with E-state index in [1.165, 1.54) is 15.9 Å². The first-order valence-electron chi connectivity index (χ1n) is 9.64. The number of carbonyl (C=O) groups excluding carboxylic acids is 1. The number of piperazine rings is 1. The zero-order chi connectivity index (χ0) is 19.9. The van der Waals surface area contributed by atoms with Gasteiger partial charge in [0.15, 0.2) is 0 Å². The van der Waals surface area contributed by atoms with Gasteiger partial charge in [-0.2, -0.15) is 4.31 Å². The molecule has 2 aliphatic rings. The molecule has 0 unspecified atom stereocenters. The highest BCUT2D eigenvalue weighted by atomic mass is 32.2. The molecule has 0 radical (unpaired) electrons. The molecule has 1 saturated heterocycles. The predicted octanol–water partition coefficient (Wildman–Crippen LogP) is 1.78. The molecule has 28 heavy (non-hydrogen) atoms. The molecule has 2 aliphatic heterocycles. The van der Waals surface area contributed by atoms with Gasteiger partial charge >= 0.3 is 0 Å². The van der Waals surface area contributed by atoms with Crippen molar-refractivity contribution in [2.24, 2.45) is 0 Å². The number of fused-ring (bicyclic) bond motifs is 1. The van der Waals surface area contributed by atoms with E-state index < -0.39 is 10.0 Å². The van der Waals surface area contributed by atoms with Crippen LogP contribution in [0.3, 0.4) is 0 Å². The van der Waals surface area contributed by atoms with Gasteiger partial charge in [0.25, 0.3) is 5.91 Å². The summed E-state index contributed by atoms with van der Waals surface area (Å²) in [4.78, 5) is 16.6. The number of nitrogens with zero attached hydrogens (tertiary/aromatic N) is 4. The Morgan fingerprint density at radius 3 is 2.39 bits per heavy atom. The maximum atomic E-state index is 13.2. The van der Waals surface area contributed by atoms with E-state index in [1.54, 1.807) is 22.7 Å². The fraction of sp³-hybridized carbons (Fsp3) is 0.450. The average molecular weight is 403 g/mol. The second-order valence-corrected chi connectivity index (χ2v) is 9.45. The number of aryl methyl sites for hydroxylation is 2. The van der Waals surface area contributed by atoms with E-state index in [2.05, 4.69) is 24.0 Å². The third-order valence-corrected chi connectivity index (χ3v) is 7.53. The van der Waals surface area contributed by atoms with Crippen LogP contribution in [0.25, 0.3) is 0 Å². The lowest BCUT2D eigenvalue weighted by Gasteiger charge is -2.36. The monoisotopic (exact) mass is 402 g/mol. The minimum atomic E-state index is -3.61. The van der Waals surface area contributed by atoms with Crippen molar-refractivity contribution >= 4 is 21.6 Å². The minimum Gasteiger partial charge on any atom is -0.369 e. The predicted molar refractivity (Wildman–Crippen MR) is 108 cm³/mol. The number of hydrogen-bond acceptors (Lipinski definition) is 4. The van der Waals surface area contributed by atoms with Gasteiger partial charge in [0.05, 0.1) is 0 Å². The number of sulfonamides is 1. The zero-order valence-electron chi connectivity index (χ0n) is 16.3. The first-order valence-corrected chi connectivity index (χ1v) is 11.1. The fourth-order valence-corrected chi connectivity index (χ4v) is 5.46. The summed E-state index contributed by atoms with van der Waals surface area (Å²) in [7, 11) is -1.86. The highest BCUT2D eigenvalue weighted by Crippen LogP contribution is 2.25. The largest absolute Gasteiger partial charge is 0.369 e. The molecular formula is C20H26N4O3S. The number of benzene rings is 1.